The Bertz CT molecular complexity index is 527. The second-order valence-corrected chi connectivity index (χ2v) is 4.84. The molecule has 120 valence electrons. The molecule has 0 bridgehead atoms. The lowest BCUT2D eigenvalue weighted by molar-refractivity contribution is -0.138. The second kappa shape index (κ2) is 8.78. The van der Waals surface area contributed by atoms with Gasteiger partial charge in [-0.1, -0.05) is 0 Å². The molecule has 22 heavy (non-hydrogen) atoms. The molecule has 0 heterocycles. The topological polar surface area (TPSA) is 119 Å². The molecule has 1 atom stereocenters. The first-order valence-electron chi connectivity index (χ1n) is 6.95. The van der Waals surface area contributed by atoms with Crippen LogP contribution in [0.15, 0.2) is 24.3 Å². The van der Waals surface area contributed by atoms with Gasteiger partial charge in [-0.25, -0.2) is 4.79 Å². The van der Waals surface area contributed by atoms with E-state index < -0.39 is 18.1 Å². The third kappa shape index (κ3) is 6.36. The smallest absolute Gasteiger partial charge is 0.412 e. The Labute approximate surface area is 128 Å². The molecule has 0 spiro atoms. The number of aliphatic carboxylic acids is 1. The van der Waals surface area contributed by atoms with E-state index in [1.807, 2.05) is 0 Å². The van der Waals surface area contributed by atoms with Crippen molar-refractivity contribution < 1.29 is 24.2 Å². The van der Waals surface area contributed by atoms with Gasteiger partial charge in [0.15, 0.2) is 5.78 Å². The Balaban J connectivity index is 2.23. The van der Waals surface area contributed by atoms with E-state index in [-0.39, 0.29) is 5.78 Å². The highest BCUT2D eigenvalue weighted by atomic mass is 16.6. The van der Waals surface area contributed by atoms with Gasteiger partial charge in [0.25, 0.3) is 0 Å². The minimum Gasteiger partial charge on any atom is -0.480 e. The van der Waals surface area contributed by atoms with Gasteiger partial charge in [0.1, 0.15) is 11.8 Å². The summed E-state index contributed by atoms with van der Waals surface area (Å²) in [5, 5.41) is 11.2. The molecule has 0 aliphatic rings. The first-order chi connectivity index (χ1) is 10.4. The number of carboxylic acids is 1. The van der Waals surface area contributed by atoms with Crippen LogP contribution in [0.3, 0.4) is 0 Å². The summed E-state index contributed by atoms with van der Waals surface area (Å²) in [6.07, 6.45) is 0.969. The van der Waals surface area contributed by atoms with E-state index in [4.69, 9.17) is 15.6 Å². The molecular formula is C15H20N2O5. The van der Waals surface area contributed by atoms with E-state index in [2.05, 4.69) is 5.32 Å². The monoisotopic (exact) mass is 308 g/mol. The second-order valence-electron chi connectivity index (χ2n) is 4.84. The average molecular weight is 308 g/mol. The highest BCUT2D eigenvalue weighted by Crippen LogP contribution is 2.12. The van der Waals surface area contributed by atoms with E-state index in [0.717, 1.165) is 0 Å². The molecule has 1 aromatic rings. The maximum atomic E-state index is 11.5. The van der Waals surface area contributed by atoms with Gasteiger partial charge in [-0.05, 0) is 50.5 Å². The molecule has 0 aliphatic heterocycles. The maximum absolute atomic E-state index is 11.5. The fraction of sp³-hybridized carbons (Fsp3) is 0.400. The van der Waals surface area contributed by atoms with Crippen molar-refractivity contribution >= 4 is 17.8 Å². The quantitative estimate of drug-likeness (QED) is 0.495. The lowest BCUT2D eigenvalue weighted by atomic mass is 10.1. The van der Waals surface area contributed by atoms with Crippen molar-refractivity contribution in [2.45, 2.75) is 32.2 Å². The van der Waals surface area contributed by atoms with Crippen LogP contribution in [0.1, 0.15) is 36.5 Å². The molecule has 0 radical (unpaired) electrons. The molecule has 7 nitrogen and oxygen atoms in total. The molecule has 0 saturated carbocycles. The maximum Gasteiger partial charge on any atom is 0.412 e. The molecule has 0 saturated heterocycles. The first-order valence-corrected chi connectivity index (χ1v) is 6.95. The number of ether oxygens (including phenoxy) is 1. The number of ketones is 1. The number of carbonyl (C=O) groups is 3. The number of carbonyl (C=O) groups excluding carboxylic acids is 2. The summed E-state index contributed by atoms with van der Waals surface area (Å²) in [4.78, 5) is 33.1. The Morgan fingerprint density at radius 3 is 2.41 bits per heavy atom. The van der Waals surface area contributed by atoms with Crippen molar-refractivity contribution in [3.63, 3.8) is 0 Å². The lowest BCUT2D eigenvalue weighted by Crippen LogP contribution is -2.31. The molecule has 0 fully saturated rings. The number of hydrogen-bond acceptors (Lipinski definition) is 5. The van der Waals surface area contributed by atoms with Crippen molar-refractivity contribution in [3.8, 4) is 5.75 Å². The normalized spacial score (nSPS) is 11.5. The molecule has 4 N–H and O–H groups in total. The van der Waals surface area contributed by atoms with Crippen molar-refractivity contribution in [2.75, 3.05) is 6.54 Å². The van der Waals surface area contributed by atoms with Gasteiger partial charge < -0.3 is 20.9 Å². The SMILES string of the molecule is CC(=O)c1ccc(OC(=O)NCCCC[C@H](N)C(=O)O)cc1. The third-order valence-electron chi connectivity index (χ3n) is 3.00. The minimum absolute atomic E-state index is 0.0597. The molecule has 0 unspecified atom stereocenters. The number of Topliss-reactive ketones (excluding diaryl/α,β-unsaturated/α-hetero) is 1. The summed E-state index contributed by atoms with van der Waals surface area (Å²) in [6.45, 7) is 1.83. The highest BCUT2D eigenvalue weighted by molar-refractivity contribution is 5.94. The van der Waals surface area contributed by atoms with Crippen LogP contribution in [0.5, 0.6) is 5.75 Å². The minimum atomic E-state index is -1.03. The van der Waals surface area contributed by atoms with Crippen LogP contribution in [-0.2, 0) is 4.79 Å². The van der Waals surface area contributed by atoms with Crippen molar-refractivity contribution in [3.05, 3.63) is 29.8 Å². The molecule has 7 heteroatoms. The number of hydrogen-bond donors (Lipinski definition) is 3. The Kier molecular flexibility index (Phi) is 7.04. The van der Waals surface area contributed by atoms with Gasteiger partial charge in [-0.3, -0.25) is 9.59 Å². The summed E-state index contributed by atoms with van der Waals surface area (Å²) in [5.74, 6) is -0.743. The molecule has 1 rings (SSSR count). The van der Waals surface area contributed by atoms with Crippen LogP contribution >= 0.6 is 0 Å². The van der Waals surface area contributed by atoms with Gasteiger partial charge in [-0.2, -0.15) is 0 Å². The highest BCUT2D eigenvalue weighted by Gasteiger charge is 2.10. The zero-order chi connectivity index (χ0) is 16.5. The number of amides is 1. The van der Waals surface area contributed by atoms with Crippen LogP contribution in [-0.4, -0.2) is 35.5 Å². The molecule has 1 aromatic carbocycles. The molecular weight excluding hydrogens is 288 g/mol. The number of unbranched alkanes of at least 4 members (excludes halogenated alkanes) is 1. The Morgan fingerprint density at radius 2 is 1.86 bits per heavy atom. The molecule has 0 aliphatic carbocycles. The summed E-state index contributed by atoms with van der Waals surface area (Å²) in [6, 6.07) is 5.38. The summed E-state index contributed by atoms with van der Waals surface area (Å²) >= 11 is 0. The number of carboxylic acid groups (broad SMARTS) is 1. The Morgan fingerprint density at radius 1 is 1.23 bits per heavy atom. The number of rotatable bonds is 8. The predicted octanol–water partition coefficient (Wildman–Crippen LogP) is 1.56. The fourth-order valence-corrected chi connectivity index (χ4v) is 1.70. The van der Waals surface area contributed by atoms with Gasteiger partial charge in [0, 0.05) is 12.1 Å². The van der Waals surface area contributed by atoms with E-state index in [1.54, 1.807) is 24.3 Å². The van der Waals surface area contributed by atoms with E-state index >= 15 is 0 Å². The third-order valence-corrected chi connectivity index (χ3v) is 3.00. The zero-order valence-corrected chi connectivity index (χ0v) is 12.4. The molecule has 0 aromatic heterocycles. The largest absolute Gasteiger partial charge is 0.480 e. The van der Waals surface area contributed by atoms with Crippen LogP contribution in [0.4, 0.5) is 4.79 Å². The van der Waals surface area contributed by atoms with Gasteiger partial charge >= 0.3 is 12.1 Å². The fourth-order valence-electron chi connectivity index (χ4n) is 1.70. The van der Waals surface area contributed by atoms with E-state index in [9.17, 15) is 14.4 Å². The number of nitrogens with two attached hydrogens (primary N) is 1. The average Bonchev–Trinajstić information content (AvgIpc) is 2.47. The van der Waals surface area contributed by atoms with Gasteiger partial charge in [0.2, 0.25) is 0 Å². The van der Waals surface area contributed by atoms with Gasteiger partial charge in [0.05, 0.1) is 0 Å². The summed E-state index contributed by atoms with van der Waals surface area (Å²) in [7, 11) is 0. The standard InChI is InChI=1S/C15H20N2O5/c1-10(18)11-5-7-12(8-6-11)22-15(21)17-9-3-2-4-13(16)14(19)20/h5-8,13H,2-4,9,16H2,1H3,(H,17,21)(H,19,20)/t13-/m0/s1. The molecule has 1 amide bonds. The summed E-state index contributed by atoms with van der Waals surface area (Å²) < 4.78 is 5.03. The van der Waals surface area contributed by atoms with Crippen molar-refractivity contribution in [2.24, 2.45) is 5.73 Å². The van der Waals surface area contributed by atoms with Crippen molar-refractivity contribution in [1.82, 2.24) is 5.32 Å². The van der Waals surface area contributed by atoms with Crippen LogP contribution in [0.2, 0.25) is 0 Å². The van der Waals surface area contributed by atoms with Crippen molar-refractivity contribution in [1.29, 1.82) is 0 Å². The van der Waals surface area contributed by atoms with Gasteiger partial charge in [-0.15, -0.1) is 0 Å². The number of benzene rings is 1. The van der Waals surface area contributed by atoms with E-state index in [1.165, 1.54) is 6.92 Å². The zero-order valence-electron chi connectivity index (χ0n) is 12.4. The predicted molar refractivity (Wildman–Crippen MR) is 79.9 cm³/mol. The van der Waals surface area contributed by atoms with E-state index in [0.29, 0.717) is 37.1 Å². The lowest BCUT2D eigenvalue weighted by Gasteiger charge is -2.08. The first kappa shape index (κ1) is 17.6. The van der Waals surface area contributed by atoms with Crippen LogP contribution in [0.25, 0.3) is 0 Å². The van der Waals surface area contributed by atoms with Crippen LogP contribution < -0.4 is 15.8 Å². The summed E-state index contributed by atoms with van der Waals surface area (Å²) in [5.41, 5.74) is 5.90. The van der Waals surface area contributed by atoms with Crippen LogP contribution in [0, 0.1) is 0 Å². The number of nitrogens with one attached hydrogen (secondary N) is 1. The Hall–Kier alpha value is -2.41.